The maximum absolute atomic E-state index is 14.9. The van der Waals surface area contributed by atoms with Crippen LogP contribution in [0.25, 0.3) is 10.8 Å². The number of rotatable bonds is 6. The molecule has 1 unspecified atom stereocenters. The summed E-state index contributed by atoms with van der Waals surface area (Å²) in [7, 11) is 0. The second-order valence-corrected chi connectivity index (χ2v) is 9.47. The lowest BCUT2D eigenvalue weighted by atomic mass is 9.99. The number of ether oxygens (including phenoxy) is 1. The van der Waals surface area contributed by atoms with Crippen molar-refractivity contribution in [3.8, 4) is 5.75 Å². The molecule has 0 saturated heterocycles. The smallest absolute Gasteiger partial charge is 0.416 e. The van der Waals surface area contributed by atoms with Gasteiger partial charge in [0, 0.05) is 11.7 Å². The van der Waals surface area contributed by atoms with Crippen LogP contribution in [-0.4, -0.2) is 19.2 Å². The Morgan fingerprint density at radius 2 is 1.76 bits per heavy atom. The van der Waals surface area contributed by atoms with Crippen molar-refractivity contribution < 1.29 is 22.3 Å². The van der Waals surface area contributed by atoms with E-state index < -0.39 is 17.6 Å². The van der Waals surface area contributed by atoms with Crippen molar-refractivity contribution in [3.05, 3.63) is 101 Å². The van der Waals surface area contributed by atoms with Gasteiger partial charge in [-0.25, -0.2) is 4.39 Å². The maximum Gasteiger partial charge on any atom is 0.416 e. The fraction of sp³-hybridized carbons (Fsp3) is 0.267. The molecule has 0 amide bonds. The number of hydrogen-bond acceptors (Lipinski definition) is 3. The highest BCUT2D eigenvalue weighted by Gasteiger charge is 2.35. The van der Waals surface area contributed by atoms with Crippen LogP contribution in [-0.2, 0) is 6.18 Å². The molecule has 1 N–H and O–H groups in total. The maximum atomic E-state index is 14.9. The summed E-state index contributed by atoms with van der Waals surface area (Å²) in [6.07, 6.45) is -4.23. The highest BCUT2D eigenvalue weighted by atomic mass is 19.4. The number of nitrogens with zero attached hydrogens (tertiary/aromatic N) is 1. The van der Waals surface area contributed by atoms with Crippen molar-refractivity contribution in [2.24, 2.45) is 0 Å². The van der Waals surface area contributed by atoms with Crippen LogP contribution >= 0.6 is 0 Å². The number of alkyl halides is 3. The van der Waals surface area contributed by atoms with Crippen LogP contribution in [0, 0.1) is 12.7 Å². The summed E-state index contributed by atoms with van der Waals surface area (Å²) in [6, 6.07) is 23.2. The fourth-order valence-electron chi connectivity index (χ4n) is 5.03. The summed E-state index contributed by atoms with van der Waals surface area (Å²) >= 11 is 0. The van der Waals surface area contributed by atoms with Gasteiger partial charge in [0.1, 0.15) is 17.5 Å². The average Bonchev–Trinajstić information content (AvgIpc) is 2.87. The number of hydrogen-bond donors (Lipinski definition) is 1. The first-order chi connectivity index (χ1) is 17.7. The van der Waals surface area contributed by atoms with E-state index in [1.54, 1.807) is 23.1 Å². The van der Waals surface area contributed by atoms with Crippen molar-refractivity contribution in [2.45, 2.75) is 38.6 Å². The van der Waals surface area contributed by atoms with Gasteiger partial charge in [0.25, 0.3) is 0 Å². The molecule has 0 fully saturated rings. The van der Waals surface area contributed by atoms with Gasteiger partial charge in [-0.2, -0.15) is 13.2 Å². The quantitative estimate of drug-likeness (QED) is 0.268. The lowest BCUT2D eigenvalue weighted by Crippen LogP contribution is -2.40. The topological polar surface area (TPSA) is 24.5 Å². The van der Waals surface area contributed by atoms with Crippen molar-refractivity contribution in [1.82, 2.24) is 5.32 Å². The van der Waals surface area contributed by atoms with Crippen LogP contribution in [0.1, 0.15) is 36.1 Å². The standard InChI is InChI=1S/C30H28F4N2O/c1-19-13-14-22(17-26(19)30(32,33)34)36-18-23(37-28-12-6-11-27(31)29(28)36)15-16-35-20(2)24-10-5-8-21-7-3-4-9-25(21)24/h3-14,17,20,23,35H,15-16,18H2,1-2H3/t20-,23?/m1/s1. The Morgan fingerprint density at radius 3 is 2.57 bits per heavy atom. The first-order valence-electron chi connectivity index (χ1n) is 12.3. The minimum absolute atomic E-state index is 0.0852. The predicted octanol–water partition coefficient (Wildman–Crippen LogP) is 7.95. The summed E-state index contributed by atoms with van der Waals surface area (Å²) in [5.41, 5.74) is 1.04. The molecular formula is C30H28F4N2O. The van der Waals surface area contributed by atoms with Crippen LogP contribution in [0.5, 0.6) is 5.75 Å². The first kappa shape index (κ1) is 25.1. The number of anilines is 2. The minimum atomic E-state index is -4.49. The highest BCUT2D eigenvalue weighted by molar-refractivity contribution is 5.86. The zero-order valence-corrected chi connectivity index (χ0v) is 20.6. The van der Waals surface area contributed by atoms with Gasteiger partial charge in [-0.1, -0.05) is 54.6 Å². The van der Waals surface area contributed by atoms with E-state index in [-0.39, 0.29) is 35.6 Å². The van der Waals surface area contributed by atoms with Gasteiger partial charge in [0.05, 0.1) is 12.1 Å². The van der Waals surface area contributed by atoms with Crippen molar-refractivity contribution in [2.75, 3.05) is 18.0 Å². The molecular weight excluding hydrogens is 480 g/mol. The molecule has 0 aromatic heterocycles. The van der Waals surface area contributed by atoms with E-state index in [1.807, 2.05) is 18.2 Å². The van der Waals surface area contributed by atoms with E-state index in [0.717, 1.165) is 6.07 Å². The lowest BCUT2D eigenvalue weighted by molar-refractivity contribution is -0.138. The van der Waals surface area contributed by atoms with Gasteiger partial charge in [0.2, 0.25) is 0 Å². The molecule has 1 aliphatic rings. The van der Waals surface area contributed by atoms with Crippen LogP contribution in [0.2, 0.25) is 0 Å². The lowest BCUT2D eigenvalue weighted by Gasteiger charge is -2.37. The van der Waals surface area contributed by atoms with Gasteiger partial charge in [0.15, 0.2) is 5.82 Å². The second-order valence-electron chi connectivity index (χ2n) is 9.47. The van der Waals surface area contributed by atoms with Crippen LogP contribution < -0.4 is 15.0 Å². The average molecular weight is 509 g/mol. The zero-order chi connectivity index (χ0) is 26.2. The Balaban J connectivity index is 1.35. The Labute approximate surface area is 213 Å². The molecule has 3 nitrogen and oxygen atoms in total. The molecule has 4 aromatic rings. The third-order valence-corrected chi connectivity index (χ3v) is 6.94. The van der Waals surface area contributed by atoms with E-state index in [9.17, 15) is 17.6 Å². The summed E-state index contributed by atoms with van der Waals surface area (Å²) < 4.78 is 61.8. The molecule has 1 aliphatic heterocycles. The molecule has 1 heterocycles. The first-order valence-corrected chi connectivity index (χ1v) is 12.3. The molecule has 37 heavy (non-hydrogen) atoms. The number of aryl methyl sites for hydroxylation is 1. The van der Waals surface area contributed by atoms with Crippen LogP contribution in [0.4, 0.5) is 28.9 Å². The van der Waals surface area contributed by atoms with Crippen molar-refractivity contribution in [1.29, 1.82) is 0 Å². The van der Waals surface area contributed by atoms with E-state index in [0.29, 0.717) is 18.7 Å². The second kappa shape index (κ2) is 10.1. The van der Waals surface area contributed by atoms with Crippen LogP contribution in [0.3, 0.4) is 0 Å². The molecule has 7 heteroatoms. The van der Waals surface area contributed by atoms with E-state index >= 15 is 0 Å². The third kappa shape index (κ3) is 5.14. The molecule has 0 aliphatic carbocycles. The third-order valence-electron chi connectivity index (χ3n) is 6.94. The normalized spacial score (nSPS) is 16.4. The monoisotopic (exact) mass is 508 g/mol. The Hall–Kier alpha value is -3.58. The zero-order valence-electron chi connectivity index (χ0n) is 20.6. The molecule has 2 atom stereocenters. The van der Waals surface area contributed by atoms with Gasteiger partial charge in [-0.05, 0) is 73.0 Å². The Morgan fingerprint density at radius 1 is 1.00 bits per heavy atom. The van der Waals surface area contributed by atoms with Crippen molar-refractivity contribution in [3.63, 3.8) is 0 Å². The fourth-order valence-corrected chi connectivity index (χ4v) is 5.03. The van der Waals surface area contributed by atoms with Gasteiger partial charge in [-0.3, -0.25) is 0 Å². The SMILES string of the molecule is Cc1ccc(N2CC(CCN[C@H](C)c3cccc4ccccc34)Oc3cccc(F)c32)cc1C(F)(F)F. The molecule has 0 radical (unpaired) electrons. The number of nitrogens with one attached hydrogen (secondary N) is 1. The summed E-state index contributed by atoms with van der Waals surface area (Å²) in [5, 5.41) is 5.91. The Kier molecular flexibility index (Phi) is 6.82. The molecule has 0 spiro atoms. The Bertz CT molecular complexity index is 1410. The van der Waals surface area contributed by atoms with E-state index in [4.69, 9.17) is 4.74 Å². The van der Waals surface area contributed by atoms with Gasteiger partial charge in [-0.15, -0.1) is 0 Å². The number of benzene rings is 4. The predicted molar refractivity (Wildman–Crippen MR) is 139 cm³/mol. The molecule has 4 aromatic carbocycles. The highest BCUT2D eigenvalue weighted by Crippen LogP contribution is 2.42. The van der Waals surface area contributed by atoms with Gasteiger partial charge < -0.3 is 15.0 Å². The van der Waals surface area contributed by atoms with Gasteiger partial charge >= 0.3 is 6.18 Å². The summed E-state index contributed by atoms with van der Waals surface area (Å²) in [6.45, 7) is 4.38. The summed E-state index contributed by atoms with van der Waals surface area (Å²) in [4.78, 5) is 1.60. The molecule has 0 saturated carbocycles. The number of para-hydroxylation sites is 1. The molecule has 192 valence electrons. The van der Waals surface area contributed by atoms with E-state index in [1.165, 1.54) is 35.4 Å². The molecule has 5 rings (SSSR count). The largest absolute Gasteiger partial charge is 0.486 e. The summed E-state index contributed by atoms with van der Waals surface area (Å²) in [5.74, 6) is -0.208. The number of fused-ring (bicyclic) bond motifs is 2. The molecule has 0 bridgehead atoms. The van der Waals surface area contributed by atoms with Crippen molar-refractivity contribution >= 4 is 22.1 Å². The number of halogens is 4. The minimum Gasteiger partial charge on any atom is -0.486 e. The van der Waals surface area contributed by atoms with Crippen LogP contribution in [0.15, 0.2) is 78.9 Å². The van der Waals surface area contributed by atoms with E-state index in [2.05, 4.69) is 36.5 Å².